The van der Waals surface area contributed by atoms with Crippen LogP contribution in [-0.4, -0.2) is 35.9 Å². The molecule has 0 spiro atoms. The highest BCUT2D eigenvalue weighted by Crippen LogP contribution is 2.24. The number of amides is 2. The van der Waals surface area contributed by atoms with Crippen LogP contribution in [0.4, 0.5) is 0 Å². The van der Waals surface area contributed by atoms with E-state index in [9.17, 15) is 9.59 Å². The maximum absolute atomic E-state index is 12.9. The van der Waals surface area contributed by atoms with Crippen molar-refractivity contribution in [2.75, 3.05) is 13.2 Å². The summed E-state index contributed by atoms with van der Waals surface area (Å²) < 4.78 is 5.70. The third-order valence-corrected chi connectivity index (χ3v) is 5.42. The van der Waals surface area contributed by atoms with Gasteiger partial charge in [-0.15, -0.1) is 0 Å². The fourth-order valence-corrected chi connectivity index (χ4v) is 3.25. The van der Waals surface area contributed by atoms with Gasteiger partial charge in [-0.3, -0.25) is 9.59 Å². The molecule has 162 valence electrons. The summed E-state index contributed by atoms with van der Waals surface area (Å²) in [4.78, 5) is 26.9. The number of halogens is 2. The standard InChI is InChI=1S/C23H28Cl2N2O3/c1-4-26-23(29)17(3)27(15-18-9-12-20(24)21(25)14-18)22(28)6-5-13-30-19-10-7-16(2)8-11-19/h7-12,14,17H,4-6,13,15H2,1-3H3,(H,26,29)/t17-/m1/s1. The van der Waals surface area contributed by atoms with Crippen LogP contribution >= 0.6 is 23.2 Å². The first-order chi connectivity index (χ1) is 14.3. The Hall–Kier alpha value is -2.24. The quantitative estimate of drug-likeness (QED) is 0.517. The van der Waals surface area contributed by atoms with Crippen LogP contribution in [0.15, 0.2) is 42.5 Å². The molecule has 0 fully saturated rings. The van der Waals surface area contributed by atoms with E-state index in [0.717, 1.165) is 16.9 Å². The fraction of sp³-hybridized carbons (Fsp3) is 0.391. The molecule has 1 N–H and O–H groups in total. The minimum Gasteiger partial charge on any atom is -0.494 e. The number of ether oxygens (including phenoxy) is 1. The number of hydrogen-bond donors (Lipinski definition) is 1. The first-order valence-corrected chi connectivity index (χ1v) is 10.8. The molecule has 5 nitrogen and oxygen atoms in total. The molecule has 0 unspecified atom stereocenters. The maximum Gasteiger partial charge on any atom is 0.242 e. The number of nitrogens with zero attached hydrogens (tertiary/aromatic N) is 1. The van der Waals surface area contributed by atoms with Crippen molar-refractivity contribution in [3.63, 3.8) is 0 Å². The molecular formula is C23H28Cl2N2O3. The van der Waals surface area contributed by atoms with E-state index < -0.39 is 6.04 Å². The van der Waals surface area contributed by atoms with Gasteiger partial charge in [0.1, 0.15) is 11.8 Å². The predicted octanol–water partition coefficient (Wildman–Crippen LogP) is 5.01. The molecule has 0 saturated heterocycles. The molecule has 2 aromatic rings. The lowest BCUT2D eigenvalue weighted by Gasteiger charge is -2.29. The van der Waals surface area contributed by atoms with Gasteiger partial charge in [0.05, 0.1) is 16.7 Å². The van der Waals surface area contributed by atoms with Gasteiger partial charge in [-0.05, 0) is 57.0 Å². The van der Waals surface area contributed by atoms with Crippen molar-refractivity contribution in [1.82, 2.24) is 10.2 Å². The Morgan fingerprint density at radius 2 is 1.80 bits per heavy atom. The third kappa shape index (κ3) is 7.22. The van der Waals surface area contributed by atoms with Crippen molar-refractivity contribution in [3.05, 3.63) is 63.6 Å². The summed E-state index contributed by atoms with van der Waals surface area (Å²) in [6.07, 6.45) is 0.823. The van der Waals surface area contributed by atoms with E-state index >= 15 is 0 Å². The Balaban J connectivity index is 2.00. The molecule has 0 aromatic heterocycles. The summed E-state index contributed by atoms with van der Waals surface area (Å²) >= 11 is 12.1. The minimum atomic E-state index is -0.607. The van der Waals surface area contributed by atoms with Crippen molar-refractivity contribution in [2.45, 2.75) is 46.2 Å². The van der Waals surface area contributed by atoms with E-state index in [4.69, 9.17) is 27.9 Å². The molecule has 1 atom stereocenters. The zero-order valence-electron chi connectivity index (χ0n) is 17.6. The molecule has 0 aliphatic heterocycles. The van der Waals surface area contributed by atoms with E-state index in [1.165, 1.54) is 0 Å². The fourth-order valence-electron chi connectivity index (χ4n) is 2.93. The molecule has 0 aliphatic carbocycles. The molecule has 0 aliphatic rings. The van der Waals surface area contributed by atoms with Crippen molar-refractivity contribution in [2.24, 2.45) is 0 Å². The maximum atomic E-state index is 12.9. The molecule has 2 rings (SSSR count). The second kappa shape index (κ2) is 11.8. The third-order valence-electron chi connectivity index (χ3n) is 4.68. The second-order valence-corrected chi connectivity index (χ2v) is 7.92. The van der Waals surface area contributed by atoms with Crippen LogP contribution in [-0.2, 0) is 16.1 Å². The molecule has 2 aromatic carbocycles. The Morgan fingerprint density at radius 1 is 1.10 bits per heavy atom. The first-order valence-electron chi connectivity index (χ1n) is 10.0. The summed E-state index contributed by atoms with van der Waals surface area (Å²) in [5.41, 5.74) is 1.97. The Labute approximate surface area is 188 Å². The van der Waals surface area contributed by atoms with E-state index in [1.807, 2.05) is 38.1 Å². The van der Waals surface area contributed by atoms with Gasteiger partial charge in [-0.25, -0.2) is 0 Å². The second-order valence-electron chi connectivity index (χ2n) is 7.11. The smallest absolute Gasteiger partial charge is 0.242 e. The SMILES string of the molecule is CCNC(=O)[C@@H](C)N(Cc1ccc(Cl)c(Cl)c1)C(=O)CCCOc1ccc(C)cc1. The summed E-state index contributed by atoms with van der Waals surface area (Å²) in [7, 11) is 0. The highest BCUT2D eigenvalue weighted by Gasteiger charge is 2.25. The molecule has 2 amide bonds. The molecule has 0 bridgehead atoms. The zero-order chi connectivity index (χ0) is 22.1. The van der Waals surface area contributed by atoms with Crippen molar-refractivity contribution >= 4 is 35.0 Å². The van der Waals surface area contributed by atoms with Crippen molar-refractivity contribution < 1.29 is 14.3 Å². The van der Waals surface area contributed by atoms with Crippen LogP contribution in [0, 0.1) is 6.92 Å². The summed E-state index contributed by atoms with van der Waals surface area (Å²) in [6.45, 7) is 6.78. The van der Waals surface area contributed by atoms with Gasteiger partial charge in [0.2, 0.25) is 11.8 Å². The van der Waals surface area contributed by atoms with Gasteiger partial charge in [-0.2, -0.15) is 0 Å². The minimum absolute atomic E-state index is 0.118. The molecular weight excluding hydrogens is 423 g/mol. The van der Waals surface area contributed by atoms with Gasteiger partial charge in [0, 0.05) is 19.5 Å². The Bertz CT molecular complexity index is 856. The van der Waals surface area contributed by atoms with Crippen LogP contribution in [0.25, 0.3) is 0 Å². The number of carbonyl (C=O) groups is 2. The lowest BCUT2D eigenvalue weighted by molar-refractivity contribution is -0.140. The topological polar surface area (TPSA) is 58.6 Å². The number of aryl methyl sites for hydroxylation is 1. The molecule has 7 heteroatoms. The van der Waals surface area contributed by atoms with Crippen LogP contribution < -0.4 is 10.1 Å². The number of rotatable bonds is 10. The summed E-state index contributed by atoms with van der Waals surface area (Å²) in [5, 5.41) is 3.64. The molecule has 0 radical (unpaired) electrons. The molecule has 0 heterocycles. The van der Waals surface area contributed by atoms with Crippen molar-refractivity contribution in [1.29, 1.82) is 0 Å². The number of likely N-dealkylation sites (N-methyl/N-ethyl adjacent to an activating group) is 1. The van der Waals surface area contributed by atoms with E-state index in [0.29, 0.717) is 29.6 Å². The summed E-state index contributed by atoms with van der Waals surface area (Å²) in [6, 6.07) is 12.4. The van der Waals surface area contributed by atoms with E-state index in [-0.39, 0.29) is 24.8 Å². The Morgan fingerprint density at radius 3 is 2.43 bits per heavy atom. The number of nitrogens with one attached hydrogen (secondary N) is 1. The lowest BCUT2D eigenvalue weighted by atomic mass is 10.1. The van der Waals surface area contributed by atoms with Gasteiger partial charge < -0.3 is 15.0 Å². The normalized spacial score (nSPS) is 11.6. The van der Waals surface area contributed by atoms with Gasteiger partial charge >= 0.3 is 0 Å². The molecule has 0 saturated carbocycles. The average Bonchev–Trinajstić information content (AvgIpc) is 2.72. The van der Waals surface area contributed by atoms with Gasteiger partial charge in [0.15, 0.2) is 0 Å². The van der Waals surface area contributed by atoms with Gasteiger partial charge in [-0.1, -0.05) is 47.0 Å². The zero-order valence-corrected chi connectivity index (χ0v) is 19.1. The largest absolute Gasteiger partial charge is 0.494 e. The number of carbonyl (C=O) groups excluding carboxylic acids is 2. The van der Waals surface area contributed by atoms with Crippen LogP contribution in [0.5, 0.6) is 5.75 Å². The van der Waals surface area contributed by atoms with E-state index in [2.05, 4.69) is 5.32 Å². The monoisotopic (exact) mass is 450 g/mol. The van der Waals surface area contributed by atoms with Crippen LogP contribution in [0.3, 0.4) is 0 Å². The highest BCUT2D eigenvalue weighted by molar-refractivity contribution is 6.42. The van der Waals surface area contributed by atoms with Gasteiger partial charge in [0.25, 0.3) is 0 Å². The van der Waals surface area contributed by atoms with Crippen LogP contribution in [0.2, 0.25) is 10.0 Å². The Kier molecular flexibility index (Phi) is 9.47. The number of benzene rings is 2. The van der Waals surface area contributed by atoms with E-state index in [1.54, 1.807) is 30.0 Å². The summed E-state index contributed by atoms with van der Waals surface area (Å²) in [5.74, 6) is 0.463. The number of hydrogen-bond acceptors (Lipinski definition) is 3. The lowest BCUT2D eigenvalue weighted by Crippen LogP contribution is -2.47. The van der Waals surface area contributed by atoms with Crippen molar-refractivity contribution in [3.8, 4) is 5.75 Å². The molecule has 30 heavy (non-hydrogen) atoms. The predicted molar refractivity (Wildman–Crippen MR) is 121 cm³/mol. The highest BCUT2D eigenvalue weighted by atomic mass is 35.5. The van der Waals surface area contributed by atoms with Crippen LogP contribution in [0.1, 0.15) is 37.8 Å². The first kappa shape index (κ1) is 24.0. The average molecular weight is 451 g/mol.